The van der Waals surface area contributed by atoms with Gasteiger partial charge in [0.1, 0.15) is 11.5 Å². The van der Waals surface area contributed by atoms with Crippen molar-refractivity contribution < 1.29 is 14.3 Å². The highest BCUT2D eigenvalue weighted by Crippen LogP contribution is 2.24. The SMILES string of the molecule is CCc1ccc(OCCCOc2ccc(C(=O)C(C)C)cc2N)cc1. The van der Waals surface area contributed by atoms with Gasteiger partial charge >= 0.3 is 0 Å². The highest BCUT2D eigenvalue weighted by atomic mass is 16.5. The van der Waals surface area contributed by atoms with Crippen LogP contribution in [0.25, 0.3) is 0 Å². The van der Waals surface area contributed by atoms with E-state index in [4.69, 9.17) is 15.2 Å². The van der Waals surface area contributed by atoms with E-state index < -0.39 is 0 Å². The summed E-state index contributed by atoms with van der Waals surface area (Å²) in [7, 11) is 0. The lowest BCUT2D eigenvalue weighted by Crippen LogP contribution is -2.09. The van der Waals surface area contributed by atoms with Crippen molar-refractivity contribution in [1.29, 1.82) is 0 Å². The Balaban J connectivity index is 1.76. The normalized spacial score (nSPS) is 10.7. The summed E-state index contributed by atoms with van der Waals surface area (Å²) in [5.41, 5.74) is 8.39. The topological polar surface area (TPSA) is 61.5 Å². The maximum absolute atomic E-state index is 12.0. The molecule has 0 aromatic heterocycles. The molecule has 0 saturated heterocycles. The minimum Gasteiger partial charge on any atom is -0.493 e. The predicted molar refractivity (Wildman–Crippen MR) is 101 cm³/mol. The van der Waals surface area contributed by atoms with Crippen molar-refractivity contribution in [3.05, 3.63) is 53.6 Å². The number of Topliss-reactive ketones (excluding diaryl/α,β-unsaturated/α-hetero) is 1. The van der Waals surface area contributed by atoms with Gasteiger partial charge in [0.05, 0.1) is 18.9 Å². The molecule has 0 radical (unpaired) electrons. The molecule has 4 heteroatoms. The Morgan fingerprint density at radius 1 is 1.04 bits per heavy atom. The molecule has 2 N–H and O–H groups in total. The number of ether oxygens (including phenoxy) is 2. The maximum Gasteiger partial charge on any atom is 0.165 e. The number of aryl methyl sites for hydroxylation is 1. The second-order valence-corrected chi connectivity index (χ2v) is 6.32. The molecular weight excluding hydrogens is 314 g/mol. The minimum absolute atomic E-state index is 0.0466. The number of carbonyl (C=O) groups is 1. The van der Waals surface area contributed by atoms with Gasteiger partial charge in [-0.15, -0.1) is 0 Å². The first-order valence-electron chi connectivity index (χ1n) is 8.79. The lowest BCUT2D eigenvalue weighted by molar-refractivity contribution is 0.0939. The first-order chi connectivity index (χ1) is 12.0. The van der Waals surface area contributed by atoms with E-state index in [1.54, 1.807) is 18.2 Å². The molecule has 0 aliphatic rings. The Labute approximate surface area is 150 Å². The molecule has 0 saturated carbocycles. The van der Waals surface area contributed by atoms with E-state index >= 15 is 0 Å². The van der Waals surface area contributed by atoms with Crippen LogP contribution in [0.2, 0.25) is 0 Å². The number of ketones is 1. The molecule has 0 atom stereocenters. The molecule has 25 heavy (non-hydrogen) atoms. The predicted octanol–water partition coefficient (Wildman–Crippen LogP) is 4.52. The van der Waals surface area contributed by atoms with Gasteiger partial charge in [-0.25, -0.2) is 0 Å². The molecular formula is C21H27NO3. The maximum atomic E-state index is 12.0. The third kappa shape index (κ3) is 5.52. The fourth-order valence-electron chi connectivity index (χ4n) is 2.42. The van der Waals surface area contributed by atoms with Gasteiger partial charge in [-0.2, -0.15) is 0 Å². The van der Waals surface area contributed by atoms with E-state index in [1.807, 2.05) is 26.0 Å². The Morgan fingerprint density at radius 2 is 1.72 bits per heavy atom. The summed E-state index contributed by atoms with van der Waals surface area (Å²) in [6, 6.07) is 13.3. The van der Waals surface area contributed by atoms with Crippen LogP contribution in [0.3, 0.4) is 0 Å². The van der Waals surface area contributed by atoms with Crippen LogP contribution in [0, 0.1) is 5.92 Å². The standard InChI is InChI=1S/C21H27NO3/c1-4-16-6-9-18(10-7-16)24-12-5-13-25-20-11-8-17(14-19(20)22)21(23)15(2)3/h6-11,14-15H,4-5,12-13,22H2,1-3H3. The summed E-state index contributed by atoms with van der Waals surface area (Å²) in [6.07, 6.45) is 1.78. The van der Waals surface area contributed by atoms with Crippen LogP contribution in [0.15, 0.2) is 42.5 Å². The average Bonchev–Trinajstić information content (AvgIpc) is 2.62. The number of carbonyl (C=O) groups excluding carboxylic acids is 1. The van der Waals surface area contributed by atoms with Crippen molar-refractivity contribution in [3.63, 3.8) is 0 Å². The largest absolute Gasteiger partial charge is 0.493 e. The number of benzene rings is 2. The smallest absolute Gasteiger partial charge is 0.165 e. The Morgan fingerprint density at radius 3 is 2.32 bits per heavy atom. The molecule has 2 aromatic carbocycles. The van der Waals surface area contributed by atoms with E-state index in [0.29, 0.717) is 30.2 Å². The number of anilines is 1. The van der Waals surface area contributed by atoms with Gasteiger partial charge in [0.15, 0.2) is 5.78 Å². The van der Waals surface area contributed by atoms with Crippen molar-refractivity contribution >= 4 is 11.5 Å². The Kier molecular flexibility index (Phi) is 6.87. The second-order valence-electron chi connectivity index (χ2n) is 6.32. The highest BCUT2D eigenvalue weighted by Gasteiger charge is 2.12. The zero-order valence-electron chi connectivity index (χ0n) is 15.2. The summed E-state index contributed by atoms with van der Waals surface area (Å²) in [5.74, 6) is 1.51. The van der Waals surface area contributed by atoms with Crippen LogP contribution in [-0.2, 0) is 6.42 Å². The number of rotatable bonds is 9. The summed E-state index contributed by atoms with van der Waals surface area (Å²) >= 11 is 0. The van der Waals surface area contributed by atoms with Gasteiger partial charge in [0, 0.05) is 17.9 Å². The first kappa shape index (κ1) is 18.8. The molecule has 0 bridgehead atoms. The van der Waals surface area contributed by atoms with E-state index in [-0.39, 0.29) is 11.7 Å². The van der Waals surface area contributed by atoms with Crippen molar-refractivity contribution in [1.82, 2.24) is 0 Å². The third-order valence-corrected chi connectivity index (χ3v) is 3.97. The molecule has 0 aliphatic carbocycles. The fourth-order valence-corrected chi connectivity index (χ4v) is 2.42. The van der Waals surface area contributed by atoms with Crippen molar-refractivity contribution in [2.45, 2.75) is 33.6 Å². The van der Waals surface area contributed by atoms with Crippen LogP contribution in [0.1, 0.15) is 43.1 Å². The van der Waals surface area contributed by atoms with Crippen molar-refractivity contribution in [2.24, 2.45) is 5.92 Å². The van der Waals surface area contributed by atoms with Gasteiger partial charge in [-0.05, 0) is 42.3 Å². The van der Waals surface area contributed by atoms with Gasteiger partial charge in [-0.1, -0.05) is 32.9 Å². The zero-order valence-corrected chi connectivity index (χ0v) is 15.2. The van der Waals surface area contributed by atoms with Gasteiger partial charge in [-0.3, -0.25) is 4.79 Å². The van der Waals surface area contributed by atoms with Crippen LogP contribution in [0.5, 0.6) is 11.5 Å². The minimum atomic E-state index is -0.0466. The van der Waals surface area contributed by atoms with E-state index in [9.17, 15) is 4.79 Å². The monoisotopic (exact) mass is 341 g/mol. The van der Waals surface area contributed by atoms with E-state index in [0.717, 1.165) is 18.6 Å². The molecule has 0 spiro atoms. The van der Waals surface area contributed by atoms with Crippen LogP contribution in [-0.4, -0.2) is 19.0 Å². The summed E-state index contributed by atoms with van der Waals surface area (Å²) in [4.78, 5) is 12.0. The summed E-state index contributed by atoms with van der Waals surface area (Å²) in [6.45, 7) is 6.96. The molecule has 2 aromatic rings. The quantitative estimate of drug-likeness (QED) is 0.414. The summed E-state index contributed by atoms with van der Waals surface area (Å²) in [5, 5.41) is 0. The van der Waals surface area contributed by atoms with Crippen LogP contribution >= 0.6 is 0 Å². The molecule has 0 fully saturated rings. The lowest BCUT2D eigenvalue weighted by Gasteiger charge is -2.11. The second kappa shape index (κ2) is 9.11. The Hall–Kier alpha value is -2.49. The number of nitrogen functional groups attached to an aromatic ring is 1. The molecule has 0 amide bonds. The van der Waals surface area contributed by atoms with E-state index in [1.165, 1.54) is 5.56 Å². The molecule has 0 unspecified atom stereocenters. The van der Waals surface area contributed by atoms with Crippen molar-refractivity contribution in [3.8, 4) is 11.5 Å². The molecule has 2 rings (SSSR count). The summed E-state index contributed by atoms with van der Waals surface area (Å²) < 4.78 is 11.4. The molecule has 0 heterocycles. The van der Waals surface area contributed by atoms with Gasteiger partial charge < -0.3 is 15.2 Å². The number of hydrogen-bond donors (Lipinski definition) is 1. The number of hydrogen-bond acceptors (Lipinski definition) is 4. The number of nitrogens with two attached hydrogens (primary N) is 1. The van der Waals surface area contributed by atoms with Crippen LogP contribution < -0.4 is 15.2 Å². The lowest BCUT2D eigenvalue weighted by atomic mass is 10.0. The van der Waals surface area contributed by atoms with Gasteiger partial charge in [0.2, 0.25) is 0 Å². The van der Waals surface area contributed by atoms with E-state index in [2.05, 4.69) is 19.1 Å². The first-order valence-corrected chi connectivity index (χ1v) is 8.79. The Bertz CT molecular complexity index is 693. The molecule has 4 nitrogen and oxygen atoms in total. The van der Waals surface area contributed by atoms with Gasteiger partial charge in [0.25, 0.3) is 0 Å². The molecule has 134 valence electrons. The fraction of sp³-hybridized carbons (Fsp3) is 0.381. The average molecular weight is 341 g/mol. The third-order valence-electron chi connectivity index (χ3n) is 3.97. The zero-order chi connectivity index (χ0) is 18.2. The highest BCUT2D eigenvalue weighted by molar-refractivity contribution is 5.98. The van der Waals surface area contributed by atoms with Crippen LogP contribution in [0.4, 0.5) is 5.69 Å². The van der Waals surface area contributed by atoms with Crippen molar-refractivity contribution in [2.75, 3.05) is 18.9 Å². The molecule has 0 aliphatic heterocycles.